The summed E-state index contributed by atoms with van der Waals surface area (Å²) in [5.74, 6) is -0.0894. The molecule has 4 heteroatoms. The molecule has 0 saturated heterocycles. The molecule has 1 atom stereocenters. The number of hydrogen-bond donors (Lipinski definition) is 2. The lowest BCUT2D eigenvalue weighted by atomic mass is 10.0. The van der Waals surface area contributed by atoms with Crippen molar-refractivity contribution in [2.45, 2.75) is 12.8 Å². The highest BCUT2D eigenvalue weighted by Crippen LogP contribution is 2.25. The number of para-hydroxylation sites is 1. The van der Waals surface area contributed by atoms with Crippen LogP contribution in [0.4, 0.5) is 11.4 Å². The molecule has 0 bridgehead atoms. The van der Waals surface area contributed by atoms with Gasteiger partial charge in [0, 0.05) is 6.54 Å². The molecule has 0 aliphatic heterocycles. The third kappa shape index (κ3) is 3.54. The van der Waals surface area contributed by atoms with Gasteiger partial charge in [0.15, 0.2) is 0 Å². The molecule has 0 aliphatic rings. The zero-order chi connectivity index (χ0) is 15.2. The smallest absolute Gasteiger partial charge is 0.340 e. The zero-order valence-electron chi connectivity index (χ0n) is 12.3. The second-order valence-corrected chi connectivity index (χ2v) is 4.95. The minimum absolute atomic E-state index is 0.302. The number of nitrogens with one attached hydrogen (secondary N) is 1. The standard InChI is InChI=1S/C17H20N2O2/c1-12(13-7-4-3-5-8-13)11-19-16-14(17(20)21-2)9-6-10-15(16)18/h3-10,12,19H,11,18H2,1-2H3. The van der Waals surface area contributed by atoms with Gasteiger partial charge >= 0.3 is 5.97 Å². The number of anilines is 2. The van der Waals surface area contributed by atoms with E-state index in [4.69, 9.17) is 10.5 Å². The summed E-state index contributed by atoms with van der Waals surface area (Å²) in [5.41, 5.74) is 8.83. The van der Waals surface area contributed by atoms with Crippen LogP contribution in [0.3, 0.4) is 0 Å². The molecule has 2 aromatic rings. The van der Waals surface area contributed by atoms with Crippen molar-refractivity contribution in [1.82, 2.24) is 0 Å². The van der Waals surface area contributed by atoms with Crippen LogP contribution in [0.5, 0.6) is 0 Å². The monoisotopic (exact) mass is 284 g/mol. The Hall–Kier alpha value is -2.49. The number of methoxy groups -OCH3 is 1. The predicted molar refractivity (Wildman–Crippen MR) is 85.5 cm³/mol. The molecule has 4 nitrogen and oxygen atoms in total. The van der Waals surface area contributed by atoms with Gasteiger partial charge in [0.2, 0.25) is 0 Å². The minimum atomic E-state index is -0.392. The Labute approximate surface area is 124 Å². The average molecular weight is 284 g/mol. The van der Waals surface area contributed by atoms with Crippen molar-refractivity contribution in [3.63, 3.8) is 0 Å². The van der Waals surface area contributed by atoms with Crippen LogP contribution >= 0.6 is 0 Å². The summed E-state index contributed by atoms with van der Waals surface area (Å²) in [7, 11) is 1.36. The topological polar surface area (TPSA) is 64.3 Å². The molecule has 0 amide bonds. The summed E-state index contributed by atoms with van der Waals surface area (Å²) in [6.07, 6.45) is 0. The van der Waals surface area contributed by atoms with Gasteiger partial charge in [0.05, 0.1) is 24.0 Å². The van der Waals surface area contributed by atoms with Crippen LogP contribution in [0.15, 0.2) is 48.5 Å². The lowest BCUT2D eigenvalue weighted by Gasteiger charge is -2.17. The van der Waals surface area contributed by atoms with Gasteiger partial charge in [-0.2, -0.15) is 0 Å². The summed E-state index contributed by atoms with van der Waals surface area (Å²) in [5, 5.41) is 3.27. The third-order valence-electron chi connectivity index (χ3n) is 3.46. The van der Waals surface area contributed by atoms with E-state index in [9.17, 15) is 4.79 Å². The largest absolute Gasteiger partial charge is 0.465 e. The van der Waals surface area contributed by atoms with E-state index < -0.39 is 5.97 Å². The maximum Gasteiger partial charge on any atom is 0.340 e. The predicted octanol–water partition coefficient (Wildman–Crippen LogP) is 3.27. The molecular weight excluding hydrogens is 264 g/mol. The minimum Gasteiger partial charge on any atom is -0.465 e. The van der Waals surface area contributed by atoms with Crippen molar-refractivity contribution in [1.29, 1.82) is 0 Å². The summed E-state index contributed by atoms with van der Waals surface area (Å²) in [4.78, 5) is 11.8. The fraction of sp³-hybridized carbons (Fsp3) is 0.235. The van der Waals surface area contributed by atoms with Gasteiger partial charge in [-0.15, -0.1) is 0 Å². The summed E-state index contributed by atoms with van der Waals surface area (Å²) in [6, 6.07) is 15.4. The van der Waals surface area contributed by atoms with Crippen molar-refractivity contribution in [2.75, 3.05) is 24.7 Å². The van der Waals surface area contributed by atoms with Gasteiger partial charge in [-0.3, -0.25) is 0 Å². The number of carbonyl (C=O) groups is 1. The number of nitrogen functional groups attached to an aromatic ring is 1. The van der Waals surface area contributed by atoms with Crippen molar-refractivity contribution >= 4 is 17.3 Å². The number of ether oxygens (including phenoxy) is 1. The van der Waals surface area contributed by atoms with E-state index in [2.05, 4.69) is 24.4 Å². The van der Waals surface area contributed by atoms with E-state index in [1.807, 2.05) is 18.2 Å². The average Bonchev–Trinajstić information content (AvgIpc) is 2.53. The first-order valence-electron chi connectivity index (χ1n) is 6.89. The van der Waals surface area contributed by atoms with Crippen LogP contribution in [0.1, 0.15) is 28.8 Å². The van der Waals surface area contributed by atoms with Crippen LogP contribution in [-0.4, -0.2) is 19.6 Å². The number of nitrogens with two attached hydrogens (primary N) is 1. The van der Waals surface area contributed by atoms with Crippen LogP contribution in [0.25, 0.3) is 0 Å². The Bertz CT molecular complexity index is 611. The molecule has 21 heavy (non-hydrogen) atoms. The number of esters is 1. The molecule has 0 heterocycles. The molecule has 0 spiro atoms. The molecule has 3 N–H and O–H groups in total. The quantitative estimate of drug-likeness (QED) is 0.653. The molecule has 110 valence electrons. The molecule has 0 fully saturated rings. The molecule has 0 saturated carbocycles. The van der Waals surface area contributed by atoms with E-state index in [0.717, 1.165) is 0 Å². The van der Waals surface area contributed by atoms with Crippen LogP contribution in [0.2, 0.25) is 0 Å². The number of hydrogen-bond acceptors (Lipinski definition) is 4. The van der Waals surface area contributed by atoms with E-state index in [0.29, 0.717) is 29.4 Å². The van der Waals surface area contributed by atoms with Crippen molar-refractivity contribution < 1.29 is 9.53 Å². The first-order valence-corrected chi connectivity index (χ1v) is 6.89. The van der Waals surface area contributed by atoms with E-state index in [1.165, 1.54) is 12.7 Å². The molecule has 2 aromatic carbocycles. The zero-order valence-corrected chi connectivity index (χ0v) is 12.3. The third-order valence-corrected chi connectivity index (χ3v) is 3.46. The Kier molecular flexibility index (Phi) is 4.82. The highest BCUT2D eigenvalue weighted by molar-refractivity contribution is 5.98. The molecule has 0 radical (unpaired) electrons. The maximum atomic E-state index is 11.8. The second-order valence-electron chi connectivity index (χ2n) is 4.95. The van der Waals surface area contributed by atoms with Crippen molar-refractivity contribution in [3.05, 3.63) is 59.7 Å². The Morgan fingerprint density at radius 1 is 1.19 bits per heavy atom. The maximum absolute atomic E-state index is 11.8. The van der Waals surface area contributed by atoms with E-state index >= 15 is 0 Å². The lowest BCUT2D eigenvalue weighted by molar-refractivity contribution is 0.0602. The van der Waals surface area contributed by atoms with Crippen LogP contribution < -0.4 is 11.1 Å². The molecule has 1 unspecified atom stereocenters. The fourth-order valence-corrected chi connectivity index (χ4v) is 2.20. The summed E-state index contributed by atoms with van der Waals surface area (Å²) in [6.45, 7) is 2.81. The Balaban J connectivity index is 2.15. The van der Waals surface area contributed by atoms with Crippen LogP contribution in [0, 0.1) is 0 Å². The Morgan fingerprint density at radius 3 is 2.57 bits per heavy atom. The molecular formula is C17H20N2O2. The number of rotatable bonds is 5. The van der Waals surface area contributed by atoms with Crippen LogP contribution in [-0.2, 0) is 4.74 Å². The van der Waals surface area contributed by atoms with E-state index in [-0.39, 0.29) is 0 Å². The first kappa shape index (κ1) is 14.9. The lowest BCUT2D eigenvalue weighted by Crippen LogP contribution is -2.15. The van der Waals surface area contributed by atoms with E-state index in [1.54, 1.807) is 18.2 Å². The Morgan fingerprint density at radius 2 is 1.90 bits per heavy atom. The SMILES string of the molecule is COC(=O)c1cccc(N)c1NCC(C)c1ccccc1. The van der Waals surface area contributed by atoms with Gasteiger partial charge in [0.1, 0.15) is 0 Å². The summed E-state index contributed by atoms with van der Waals surface area (Å²) >= 11 is 0. The number of carbonyl (C=O) groups excluding carboxylic acids is 1. The number of benzene rings is 2. The second kappa shape index (κ2) is 6.79. The van der Waals surface area contributed by atoms with Gasteiger partial charge in [-0.05, 0) is 23.6 Å². The highest BCUT2D eigenvalue weighted by atomic mass is 16.5. The highest BCUT2D eigenvalue weighted by Gasteiger charge is 2.15. The van der Waals surface area contributed by atoms with Gasteiger partial charge in [0.25, 0.3) is 0 Å². The molecule has 0 aromatic heterocycles. The van der Waals surface area contributed by atoms with Gasteiger partial charge in [-0.1, -0.05) is 43.3 Å². The normalized spacial score (nSPS) is 11.7. The van der Waals surface area contributed by atoms with Crippen molar-refractivity contribution in [3.8, 4) is 0 Å². The molecule has 2 rings (SSSR count). The molecule has 0 aliphatic carbocycles. The first-order chi connectivity index (χ1) is 10.1. The van der Waals surface area contributed by atoms with Gasteiger partial charge in [-0.25, -0.2) is 4.79 Å². The summed E-state index contributed by atoms with van der Waals surface area (Å²) < 4.78 is 4.79. The van der Waals surface area contributed by atoms with Crippen molar-refractivity contribution in [2.24, 2.45) is 0 Å². The fourth-order valence-electron chi connectivity index (χ4n) is 2.20. The van der Waals surface area contributed by atoms with Gasteiger partial charge < -0.3 is 15.8 Å².